The summed E-state index contributed by atoms with van der Waals surface area (Å²) in [5.74, 6) is 0.949. The molecule has 0 heterocycles. The standard InChI is InChI=1S/C11H23/c1-4-6-7-8-10-11(3)9-5-2/h11H,1,4-10H2,2-3H3. The molecular formula is C11H23. The van der Waals surface area contributed by atoms with Crippen molar-refractivity contribution in [2.45, 2.75) is 58.8 Å². The molecule has 0 rings (SSSR count). The lowest BCUT2D eigenvalue weighted by molar-refractivity contribution is 0.457. The van der Waals surface area contributed by atoms with Crippen molar-refractivity contribution in [1.82, 2.24) is 0 Å². The van der Waals surface area contributed by atoms with Crippen LogP contribution in [0.15, 0.2) is 0 Å². The molecule has 0 aromatic carbocycles. The summed E-state index contributed by atoms with van der Waals surface area (Å²) in [5, 5.41) is 0. The van der Waals surface area contributed by atoms with E-state index in [2.05, 4.69) is 20.8 Å². The van der Waals surface area contributed by atoms with Crippen molar-refractivity contribution in [3.05, 3.63) is 6.92 Å². The van der Waals surface area contributed by atoms with Gasteiger partial charge in [0.1, 0.15) is 0 Å². The van der Waals surface area contributed by atoms with Gasteiger partial charge in [-0.25, -0.2) is 0 Å². The fourth-order valence-electron chi connectivity index (χ4n) is 1.48. The molecule has 0 aliphatic carbocycles. The van der Waals surface area contributed by atoms with E-state index in [-0.39, 0.29) is 0 Å². The monoisotopic (exact) mass is 155 g/mol. The third-order valence-corrected chi connectivity index (χ3v) is 2.23. The molecule has 11 heavy (non-hydrogen) atoms. The Kier molecular flexibility index (Phi) is 8.10. The Morgan fingerprint density at radius 2 is 1.82 bits per heavy atom. The van der Waals surface area contributed by atoms with Crippen molar-refractivity contribution >= 4 is 0 Å². The van der Waals surface area contributed by atoms with E-state index in [9.17, 15) is 0 Å². The van der Waals surface area contributed by atoms with Crippen LogP contribution in [0, 0.1) is 12.8 Å². The highest BCUT2D eigenvalue weighted by atomic mass is 14.0. The minimum Gasteiger partial charge on any atom is -0.0654 e. The molecule has 1 atom stereocenters. The second-order valence-electron chi connectivity index (χ2n) is 3.60. The maximum absolute atomic E-state index is 3.84. The molecule has 0 bridgehead atoms. The van der Waals surface area contributed by atoms with Crippen LogP contribution in [0.5, 0.6) is 0 Å². The highest BCUT2D eigenvalue weighted by Crippen LogP contribution is 2.14. The Morgan fingerprint density at radius 1 is 1.09 bits per heavy atom. The van der Waals surface area contributed by atoms with Crippen molar-refractivity contribution in [3.63, 3.8) is 0 Å². The predicted molar refractivity (Wildman–Crippen MR) is 52.5 cm³/mol. The molecule has 0 aliphatic heterocycles. The first-order valence-electron chi connectivity index (χ1n) is 5.10. The summed E-state index contributed by atoms with van der Waals surface area (Å²) in [6.45, 7) is 8.48. The maximum atomic E-state index is 3.84. The van der Waals surface area contributed by atoms with Crippen LogP contribution >= 0.6 is 0 Å². The molecule has 0 amide bonds. The number of hydrogen-bond acceptors (Lipinski definition) is 0. The van der Waals surface area contributed by atoms with Gasteiger partial charge in [-0.15, -0.1) is 0 Å². The van der Waals surface area contributed by atoms with Crippen molar-refractivity contribution in [2.75, 3.05) is 0 Å². The van der Waals surface area contributed by atoms with Crippen LogP contribution in [0.1, 0.15) is 58.8 Å². The molecule has 1 radical (unpaired) electrons. The van der Waals surface area contributed by atoms with Crippen LogP contribution in [-0.4, -0.2) is 0 Å². The smallest absolute Gasteiger partial charge is 0.0443 e. The SMILES string of the molecule is [CH2]CCCCCC(C)CCC. The summed E-state index contributed by atoms with van der Waals surface area (Å²) in [6, 6.07) is 0. The number of hydrogen-bond donors (Lipinski definition) is 0. The summed E-state index contributed by atoms with van der Waals surface area (Å²) in [6.07, 6.45) is 9.41. The summed E-state index contributed by atoms with van der Waals surface area (Å²) < 4.78 is 0. The molecule has 1 unspecified atom stereocenters. The molecule has 0 spiro atoms. The van der Waals surface area contributed by atoms with Gasteiger partial charge in [0.25, 0.3) is 0 Å². The van der Waals surface area contributed by atoms with Crippen LogP contribution in [0.25, 0.3) is 0 Å². The lowest BCUT2D eigenvalue weighted by Crippen LogP contribution is -1.93. The summed E-state index contributed by atoms with van der Waals surface area (Å²) in [5.41, 5.74) is 0. The van der Waals surface area contributed by atoms with E-state index in [4.69, 9.17) is 0 Å². The first-order valence-corrected chi connectivity index (χ1v) is 5.10. The molecule has 0 aromatic heterocycles. The van der Waals surface area contributed by atoms with Gasteiger partial charge in [0.2, 0.25) is 0 Å². The van der Waals surface area contributed by atoms with Crippen molar-refractivity contribution in [1.29, 1.82) is 0 Å². The Labute approximate surface area is 72.4 Å². The van der Waals surface area contributed by atoms with E-state index in [1.54, 1.807) is 0 Å². The van der Waals surface area contributed by atoms with E-state index in [0.29, 0.717) is 0 Å². The van der Waals surface area contributed by atoms with Gasteiger partial charge >= 0.3 is 0 Å². The van der Waals surface area contributed by atoms with Gasteiger partial charge in [-0.1, -0.05) is 65.7 Å². The lowest BCUT2D eigenvalue weighted by atomic mass is 9.98. The van der Waals surface area contributed by atoms with Gasteiger partial charge in [0.15, 0.2) is 0 Å². The average molecular weight is 155 g/mol. The summed E-state index contributed by atoms with van der Waals surface area (Å²) in [4.78, 5) is 0. The van der Waals surface area contributed by atoms with Crippen LogP contribution in [-0.2, 0) is 0 Å². The minimum absolute atomic E-state index is 0.949. The summed E-state index contributed by atoms with van der Waals surface area (Å²) in [7, 11) is 0. The Hall–Kier alpha value is 0. The second kappa shape index (κ2) is 8.10. The lowest BCUT2D eigenvalue weighted by Gasteiger charge is -2.08. The van der Waals surface area contributed by atoms with Gasteiger partial charge in [0, 0.05) is 0 Å². The van der Waals surface area contributed by atoms with Crippen molar-refractivity contribution in [3.8, 4) is 0 Å². The quantitative estimate of drug-likeness (QED) is 0.483. The third kappa shape index (κ3) is 7.90. The normalized spacial score (nSPS) is 13.4. The first kappa shape index (κ1) is 11.0. The second-order valence-corrected chi connectivity index (χ2v) is 3.60. The fraction of sp³-hybridized carbons (Fsp3) is 0.909. The van der Waals surface area contributed by atoms with Gasteiger partial charge in [-0.2, -0.15) is 0 Å². The van der Waals surface area contributed by atoms with E-state index < -0.39 is 0 Å². The molecular weight excluding hydrogens is 132 g/mol. The molecule has 0 fully saturated rings. The fourth-order valence-corrected chi connectivity index (χ4v) is 1.48. The molecule has 0 saturated heterocycles. The number of unbranched alkanes of at least 4 members (excludes halogenated alkanes) is 3. The van der Waals surface area contributed by atoms with Crippen LogP contribution in [0.2, 0.25) is 0 Å². The van der Waals surface area contributed by atoms with E-state index in [1.165, 1.54) is 38.5 Å². The van der Waals surface area contributed by atoms with Crippen LogP contribution < -0.4 is 0 Å². The van der Waals surface area contributed by atoms with Crippen molar-refractivity contribution < 1.29 is 0 Å². The third-order valence-electron chi connectivity index (χ3n) is 2.23. The van der Waals surface area contributed by atoms with Gasteiger partial charge in [-0.05, 0) is 5.92 Å². The molecule has 0 heteroatoms. The average Bonchev–Trinajstić information content (AvgIpc) is 1.99. The molecule has 0 N–H and O–H groups in total. The first-order chi connectivity index (χ1) is 5.31. The van der Waals surface area contributed by atoms with Crippen LogP contribution in [0.4, 0.5) is 0 Å². The maximum Gasteiger partial charge on any atom is -0.0443 e. The Morgan fingerprint density at radius 3 is 2.36 bits per heavy atom. The van der Waals surface area contributed by atoms with Crippen molar-refractivity contribution in [2.24, 2.45) is 5.92 Å². The predicted octanol–water partition coefficient (Wildman–Crippen LogP) is 4.21. The zero-order chi connectivity index (χ0) is 8.53. The highest BCUT2D eigenvalue weighted by Gasteiger charge is 1.98. The zero-order valence-electron chi connectivity index (χ0n) is 8.23. The molecule has 67 valence electrons. The van der Waals surface area contributed by atoms with E-state index in [0.717, 1.165) is 12.3 Å². The molecule has 0 nitrogen and oxygen atoms in total. The summed E-state index contributed by atoms with van der Waals surface area (Å²) >= 11 is 0. The Bertz CT molecular complexity index is 66.4. The molecule has 0 aliphatic rings. The molecule has 0 saturated carbocycles. The number of rotatable bonds is 7. The minimum atomic E-state index is 0.949. The van der Waals surface area contributed by atoms with E-state index >= 15 is 0 Å². The highest BCUT2D eigenvalue weighted by molar-refractivity contribution is 4.53. The Balaban J connectivity index is 2.97. The van der Waals surface area contributed by atoms with Gasteiger partial charge < -0.3 is 0 Å². The van der Waals surface area contributed by atoms with Crippen LogP contribution in [0.3, 0.4) is 0 Å². The van der Waals surface area contributed by atoms with Gasteiger partial charge in [-0.3, -0.25) is 0 Å². The zero-order valence-corrected chi connectivity index (χ0v) is 8.23. The van der Waals surface area contributed by atoms with Gasteiger partial charge in [0.05, 0.1) is 0 Å². The topological polar surface area (TPSA) is 0 Å². The largest absolute Gasteiger partial charge is 0.0654 e. The van der Waals surface area contributed by atoms with E-state index in [1.807, 2.05) is 0 Å². The molecule has 0 aromatic rings.